The van der Waals surface area contributed by atoms with Crippen LogP contribution < -0.4 is 10.9 Å². The van der Waals surface area contributed by atoms with E-state index in [9.17, 15) is 9.90 Å². The van der Waals surface area contributed by atoms with E-state index in [-0.39, 0.29) is 24.1 Å². The van der Waals surface area contributed by atoms with E-state index in [1.54, 1.807) is 13.3 Å². The van der Waals surface area contributed by atoms with Crippen LogP contribution in [0.4, 0.5) is 5.69 Å². The second-order valence-electron chi connectivity index (χ2n) is 5.37. The lowest BCUT2D eigenvalue weighted by Gasteiger charge is -2.31. The molecule has 2 rings (SSSR count). The lowest BCUT2D eigenvalue weighted by Crippen LogP contribution is -2.35. The number of aromatic nitrogens is 2. The van der Waals surface area contributed by atoms with Crippen LogP contribution in [0.2, 0.25) is 0 Å². The van der Waals surface area contributed by atoms with Gasteiger partial charge in [0.1, 0.15) is 4.47 Å². The minimum absolute atomic E-state index is 0.173. The van der Waals surface area contributed by atoms with Crippen molar-refractivity contribution < 1.29 is 9.84 Å². The van der Waals surface area contributed by atoms with Crippen molar-refractivity contribution in [3.8, 4) is 0 Å². The number of ether oxygens (including phenoxy) is 1. The number of anilines is 1. The Hall–Kier alpha value is -0.920. The number of rotatable bonds is 6. The van der Waals surface area contributed by atoms with Gasteiger partial charge in [0.25, 0.3) is 5.56 Å². The third-order valence-corrected chi connectivity index (χ3v) is 4.74. The summed E-state index contributed by atoms with van der Waals surface area (Å²) in [6.45, 7) is 1.05. The van der Waals surface area contributed by atoms with Gasteiger partial charge >= 0.3 is 0 Å². The normalized spacial score (nSPS) is 22.2. The Morgan fingerprint density at radius 2 is 2.29 bits per heavy atom. The Morgan fingerprint density at radius 3 is 3.00 bits per heavy atom. The third-order valence-electron chi connectivity index (χ3n) is 3.98. The topological polar surface area (TPSA) is 76.4 Å². The SMILES string of the molecule is COCCn1ncc(NC2CCCCC2CO)c(Br)c1=O. The molecule has 1 fully saturated rings. The fourth-order valence-corrected chi connectivity index (χ4v) is 3.14. The maximum Gasteiger partial charge on any atom is 0.283 e. The molecule has 1 aromatic rings. The molecule has 21 heavy (non-hydrogen) atoms. The molecule has 2 unspecified atom stereocenters. The van der Waals surface area contributed by atoms with Gasteiger partial charge in [-0.05, 0) is 28.8 Å². The molecule has 0 bridgehead atoms. The predicted molar refractivity (Wildman–Crippen MR) is 84.5 cm³/mol. The van der Waals surface area contributed by atoms with Crippen molar-refractivity contribution in [3.63, 3.8) is 0 Å². The summed E-state index contributed by atoms with van der Waals surface area (Å²) < 4.78 is 6.82. The second kappa shape index (κ2) is 7.91. The number of aliphatic hydroxyl groups is 1. The molecule has 1 aliphatic rings. The lowest BCUT2D eigenvalue weighted by molar-refractivity contribution is 0.178. The first-order valence-corrected chi connectivity index (χ1v) is 8.08. The number of aliphatic hydroxyl groups excluding tert-OH is 1. The van der Waals surface area contributed by atoms with Gasteiger partial charge in [-0.1, -0.05) is 12.8 Å². The van der Waals surface area contributed by atoms with Gasteiger partial charge in [-0.15, -0.1) is 0 Å². The summed E-state index contributed by atoms with van der Waals surface area (Å²) >= 11 is 3.35. The van der Waals surface area contributed by atoms with E-state index in [0.29, 0.717) is 23.3 Å². The summed E-state index contributed by atoms with van der Waals surface area (Å²) in [6, 6.07) is 0.191. The van der Waals surface area contributed by atoms with Crippen LogP contribution in [0, 0.1) is 5.92 Å². The number of nitrogens with one attached hydrogen (secondary N) is 1. The van der Waals surface area contributed by atoms with Crippen LogP contribution in [0.15, 0.2) is 15.5 Å². The van der Waals surface area contributed by atoms with E-state index < -0.39 is 0 Å². The van der Waals surface area contributed by atoms with E-state index >= 15 is 0 Å². The zero-order valence-corrected chi connectivity index (χ0v) is 13.8. The highest BCUT2D eigenvalue weighted by molar-refractivity contribution is 9.10. The molecule has 1 saturated carbocycles. The zero-order chi connectivity index (χ0) is 15.2. The first-order chi connectivity index (χ1) is 10.2. The van der Waals surface area contributed by atoms with Gasteiger partial charge in [-0.2, -0.15) is 5.10 Å². The number of halogens is 1. The van der Waals surface area contributed by atoms with Crippen molar-refractivity contribution in [2.45, 2.75) is 38.3 Å². The van der Waals surface area contributed by atoms with Gasteiger partial charge in [0.2, 0.25) is 0 Å². The van der Waals surface area contributed by atoms with Gasteiger partial charge in [0.05, 0.1) is 25.0 Å². The molecule has 0 spiro atoms. The molecule has 6 nitrogen and oxygen atoms in total. The highest BCUT2D eigenvalue weighted by Gasteiger charge is 2.25. The number of hydrogen-bond donors (Lipinski definition) is 2. The van der Waals surface area contributed by atoms with E-state index in [0.717, 1.165) is 25.7 Å². The van der Waals surface area contributed by atoms with Crippen molar-refractivity contribution in [1.82, 2.24) is 9.78 Å². The summed E-state index contributed by atoms with van der Waals surface area (Å²) in [5, 5.41) is 17.0. The fourth-order valence-electron chi connectivity index (χ4n) is 2.72. The second-order valence-corrected chi connectivity index (χ2v) is 6.16. The largest absolute Gasteiger partial charge is 0.396 e. The molecule has 1 heterocycles. The van der Waals surface area contributed by atoms with Gasteiger partial charge in [0, 0.05) is 25.7 Å². The molecule has 118 valence electrons. The van der Waals surface area contributed by atoms with Crippen molar-refractivity contribution >= 4 is 21.6 Å². The minimum Gasteiger partial charge on any atom is -0.396 e. The standard InChI is InChI=1S/C14H22BrN3O3/c1-21-7-6-18-14(20)13(15)12(8-16-18)17-11-5-3-2-4-10(11)9-19/h8,10-11,17,19H,2-7,9H2,1H3. The smallest absolute Gasteiger partial charge is 0.283 e. The van der Waals surface area contributed by atoms with Gasteiger partial charge in [-0.25, -0.2) is 4.68 Å². The van der Waals surface area contributed by atoms with E-state index in [1.165, 1.54) is 4.68 Å². The molecular formula is C14H22BrN3O3. The number of nitrogens with zero attached hydrogens (tertiary/aromatic N) is 2. The summed E-state index contributed by atoms with van der Waals surface area (Å²) in [5.41, 5.74) is 0.521. The maximum absolute atomic E-state index is 12.2. The Kier molecular flexibility index (Phi) is 6.20. The van der Waals surface area contributed by atoms with Crippen molar-refractivity contribution in [2.24, 2.45) is 5.92 Å². The van der Waals surface area contributed by atoms with Crippen LogP contribution in [-0.2, 0) is 11.3 Å². The third kappa shape index (κ3) is 4.05. The molecule has 0 aromatic carbocycles. The van der Waals surface area contributed by atoms with Crippen LogP contribution in [0.1, 0.15) is 25.7 Å². The minimum atomic E-state index is -0.173. The molecule has 2 atom stereocenters. The molecule has 0 amide bonds. The molecule has 7 heteroatoms. The first kappa shape index (κ1) is 16.5. The highest BCUT2D eigenvalue weighted by Crippen LogP contribution is 2.28. The van der Waals surface area contributed by atoms with Crippen molar-refractivity contribution in [3.05, 3.63) is 21.0 Å². The molecule has 1 aliphatic carbocycles. The summed E-state index contributed by atoms with van der Waals surface area (Å²) in [7, 11) is 1.59. The van der Waals surface area contributed by atoms with E-state index in [1.807, 2.05) is 0 Å². The Labute approximate surface area is 132 Å². The Morgan fingerprint density at radius 1 is 1.52 bits per heavy atom. The van der Waals surface area contributed by atoms with E-state index in [4.69, 9.17) is 4.74 Å². The molecular weight excluding hydrogens is 338 g/mol. The lowest BCUT2D eigenvalue weighted by atomic mass is 9.85. The number of methoxy groups -OCH3 is 1. The predicted octanol–water partition coefficient (Wildman–Crippen LogP) is 1.62. The van der Waals surface area contributed by atoms with Crippen LogP contribution in [0.25, 0.3) is 0 Å². The van der Waals surface area contributed by atoms with Gasteiger partial charge < -0.3 is 15.2 Å². The monoisotopic (exact) mass is 359 g/mol. The average molecular weight is 360 g/mol. The molecule has 2 N–H and O–H groups in total. The van der Waals surface area contributed by atoms with Crippen molar-refractivity contribution in [2.75, 3.05) is 25.6 Å². The van der Waals surface area contributed by atoms with Crippen LogP contribution in [-0.4, -0.2) is 41.3 Å². The average Bonchev–Trinajstić information content (AvgIpc) is 2.51. The van der Waals surface area contributed by atoms with E-state index in [2.05, 4.69) is 26.3 Å². The van der Waals surface area contributed by atoms with Crippen molar-refractivity contribution in [1.29, 1.82) is 0 Å². The highest BCUT2D eigenvalue weighted by atomic mass is 79.9. The molecule has 1 aromatic heterocycles. The zero-order valence-electron chi connectivity index (χ0n) is 12.2. The van der Waals surface area contributed by atoms with Gasteiger partial charge in [0.15, 0.2) is 0 Å². The Bertz CT molecular complexity index is 521. The van der Waals surface area contributed by atoms with Crippen LogP contribution in [0.5, 0.6) is 0 Å². The Balaban J connectivity index is 2.13. The fraction of sp³-hybridized carbons (Fsp3) is 0.714. The summed E-state index contributed by atoms with van der Waals surface area (Å²) in [5.74, 6) is 0.238. The van der Waals surface area contributed by atoms with Gasteiger partial charge in [-0.3, -0.25) is 4.79 Å². The summed E-state index contributed by atoms with van der Waals surface area (Å²) in [4.78, 5) is 12.2. The summed E-state index contributed by atoms with van der Waals surface area (Å²) in [6.07, 6.45) is 5.98. The molecule has 0 radical (unpaired) electrons. The molecule has 0 aliphatic heterocycles. The first-order valence-electron chi connectivity index (χ1n) is 7.29. The van der Waals surface area contributed by atoms with Crippen LogP contribution >= 0.6 is 15.9 Å². The number of hydrogen-bond acceptors (Lipinski definition) is 5. The van der Waals surface area contributed by atoms with Crippen LogP contribution in [0.3, 0.4) is 0 Å². The quantitative estimate of drug-likeness (QED) is 0.806. The maximum atomic E-state index is 12.2. The molecule has 0 saturated heterocycles.